The Bertz CT molecular complexity index is 1110. The molecule has 1 saturated heterocycles. The average Bonchev–Trinajstić information content (AvgIpc) is 3.49. The third kappa shape index (κ3) is 4.19. The van der Waals surface area contributed by atoms with E-state index in [-0.39, 0.29) is 10.9 Å². The average molecular weight is 432 g/mol. The summed E-state index contributed by atoms with van der Waals surface area (Å²) in [7, 11) is -0.207. The van der Waals surface area contributed by atoms with E-state index >= 15 is 0 Å². The number of rotatable bonds is 8. The smallest absolute Gasteiger partial charge is 0.262 e. The number of aryl methyl sites for hydroxylation is 1. The van der Waals surface area contributed by atoms with Gasteiger partial charge in [0.25, 0.3) is 10.0 Å². The van der Waals surface area contributed by atoms with Crippen molar-refractivity contribution in [2.45, 2.75) is 23.8 Å². The first-order valence-electron chi connectivity index (χ1n) is 9.75. The van der Waals surface area contributed by atoms with Gasteiger partial charge in [-0.1, -0.05) is 12.1 Å². The summed E-state index contributed by atoms with van der Waals surface area (Å²) in [5.41, 5.74) is 1.83. The Morgan fingerprint density at radius 1 is 1.27 bits per heavy atom. The van der Waals surface area contributed by atoms with Crippen molar-refractivity contribution in [3.63, 3.8) is 0 Å². The quantitative estimate of drug-likeness (QED) is 0.585. The number of hydrogen-bond acceptors (Lipinski definition) is 6. The van der Waals surface area contributed by atoms with Crippen molar-refractivity contribution in [2.75, 3.05) is 26.8 Å². The van der Waals surface area contributed by atoms with E-state index in [1.54, 1.807) is 18.7 Å². The van der Waals surface area contributed by atoms with E-state index in [9.17, 15) is 8.42 Å². The van der Waals surface area contributed by atoms with Crippen LogP contribution in [0.4, 0.5) is 0 Å². The number of hydrogen-bond donors (Lipinski definition) is 1. The van der Waals surface area contributed by atoms with Gasteiger partial charge in [0.1, 0.15) is 0 Å². The minimum atomic E-state index is -3.57. The minimum Gasteiger partial charge on any atom is -0.493 e. The summed E-state index contributed by atoms with van der Waals surface area (Å²) in [4.78, 5) is 3.99. The van der Waals surface area contributed by atoms with Crippen LogP contribution in [0.3, 0.4) is 0 Å². The Hall–Kier alpha value is -2.85. The van der Waals surface area contributed by atoms with Gasteiger partial charge >= 0.3 is 0 Å². The standard InChI is InChI=1S/C20H25N5O4S/c1-24-13-20(21-14-24)30(26,27)25-9-7-15(12-25)17-11-16(22-23-17)8-10-29-19-6-4-3-5-18(19)28-2/h3-6,11,13-15H,7-10,12H2,1-2H3,(H,22,23)/t15-/m0/s1. The lowest BCUT2D eigenvalue weighted by Crippen LogP contribution is -2.29. The number of H-pyrrole nitrogens is 1. The fraction of sp³-hybridized carbons (Fsp3) is 0.400. The first-order chi connectivity index (χ1) is 14.5. The number of ether oxygens (including phenoxy) is 2. The zero-order chi connectivity index (χ0) is 21.1. The van der Waals surface area contributed by atoms with Crippen LogP contribution >= 0.6 is 0 Å². The lowest BCUT2D eigenvalue weighted by Gasteiger charge is -2.14. The van der Waals surface area contributed by atoms with E-state index in [2.05, 4.69) is 15.2 Å². The number of nitrogens with one attached hydrogen (secondary N) is 1. The van der Waals surface area contributed by atoms with Gasteiger partial charge < -0.3 is 14.0 Å². The molecule has 0 bridgehead atoms. The van der Waals surface area contributed by atoms with E-state index in [0.717, 1.165) is 17.8 Å². The fourth-order valence-corrected chi connectivity index (χ4v) is 5.03. The molecule has 4 rings (SSSR count). The number of imidazole rings is 1. The van der Waals surface area contributed by atoms with Gasteiger partial charge in [-0.25, -0.2) is 13.4 Å². The molecule has 1 N–H and O–H groups in total. The third-order valence-electron chi connectivity index (χ3n) is 5.20. The number of benzene rings is 1. The Kier molecular flexibility index (Phi) is 5.78. The molecule has 0 saturated carbocycles. The highest BCUT2D eigenvalue weighted by atomic mass is 32.2. The summed E-state index contributed by atoms with van der Waals surface area (Å²) < 4.78 is 39.7. The fourth-order valence-electron chi connectivity index (χ4n) is 3.57. The van der Waals surface area contributed by atoms with Gasteiger partial charge in [0.2, 0.25) is 0 Å². The zero-order valence-electron chi connectivity index (χ0n) is 17.0. The molecule has 30 heavy (non-hydrogen) atoms. The van der Waals surface area contributed by atoms with Crippen LogP contribution in [-0.4, -0.2) is 59.3 Å². The van der Waals surface area contributed by atoms with E-state index in [4.69, 9.17) is 9.47 Å². The molecular weight excluding hydrogens is 406 g/mol. The minimum absolute atomic E-state index is 0.0589. The Labute approximate surface area is 175 Å². The number of nitrogens with zero attached hydrogens (tertiary/aromatic N) is 4. The molecule has 9 nitrogen and oxygen atoms in total. The summed E-state index contributed by atoms with van der Waals surface area (Å²) in [6, 6.07) is 9.51. The van der Waals surface area contributed by atoms with E-state index in [1.807, 2.05) is 30.3 Å². The number of aromatic nitrogens is 4. The molecule has 3 aromatic rings. The maximum absolute atomic E-state index is 12.8. The van der Waals surface area contributed by atoms with Crippen LogP contribution in [0.15, 0.2) is 47.9 Å². The molecule has 0 unspecified atom stereocenters. The van der Waals surface area contributed by atoms with Gasteiger partial charge in [-0.05, 0) is 24.6 Å². The van der Waals surface area contributed by atoms with Crippen molar-refractivity contribution in [3.8, 4) is 11.5 Å². The largest absolute Gasteiger partial charge is 0.493 e. The second-order valence-corrected chi connectivity index (χ2v) is 9.18. The maximum atomic E-state index is 12.8. The Morgan fingerprint density at radius 3 is 2.80 bits per heavy atom. The van der Waals surface area contributed by atoms with Gasteiger partial charge in [-0.15, -0.1) is 0 Å². The van der Waals surface area contributed by atoms with Gasteiger partial charge in [-0.2, -0.15) is 9.40 Å². The Morgan fingerprint density at radius 2 is 2.07 bits per heavy atom. The van der Waals surface area contributed by atoms with E-state index in [0.29, 0.717) is 37.6 Å². The molecule has 160 valence electrons. The van der Waals surface area contributed by atoms with Crippen molar-refractivity contribution in [1.82, 2.24) is 24.1 Å². The molecule has 0 radical (unpaired) electrons. The predicted molar refractivity (Wildman–Crippen MR) is 110 cm³/mol. The van der Waals surface area contributed by atoms with Crippen molar-refractivity contribution in [1.29, 1.82) is 0 Å². The lowest BCUT2D eigenvalue weighted by molar-refractivity contribution is 0.296. The SMILES string of the molecule is COc1ccccc1OCCc1cc([C@H]2CCN(S(=O)(=O)c3cn(C)cn3)C2)n[nH]1. The molecule has 1 fully saturated rings. The van der Waals surface area contributed by atoms with Crippen LogP contribution in [0.25, 0.3) is 0 Å². The van der Waals surface area contributed by atoms with Gasteiger partial charge in [-0.3, -0.25) is 5.10 Å². The summed E-state index contributed by atoms with van der Waals surface area (Å²) >= 11 is 0. The summed E-state index contributed by atoms with van der Waals surface area (Å²) in [5.74, 6) is 1.46. The van der Waals surface area contributed by atoms with E-state index < -0.39 is 10.0 Å². The van der Waals surface area contributed by atoms with Crippen molar-refractivity contribution < 1.29 is 17.9 Å². The molecule has 1 aliphatic heterocycles. The van der Waals surface area contributed by atoms with Gasteiger partial charge in [0.15, 0.2) is 16.5 Å². The van der Waals surface area contributed by atoms with Gasteiger partial charge in [0.05, 0.1) is 25.7 Å². The van der Waals surface area contributed by atoms with Crippen molar-refractivity contribution in [2.24, 2.45) is 7.05 Å². The number of methoxy groups -OCH3 is 1. The van der Waals surface area contributed by atoms with Crippen molar-refractivity contribution in [3.05, 3.63) is 54.2 Å². The van der Waals surface area contributed by atoms with Crippen LogP contribution in [0.5, 0.6) is 11.5 Å². The molecule has 0 amide bonds. The molecule has 10 heteroatoms. The lowest BCUT2D eigenvalue weighted by atomic mass is 10.0. The second kappa shape index (κ2) is 8.49. The maximum Gasteiger partial charge on any atom is 0.262 e. The zero-order valence-corrected chi connectivity index (χ0v) is 17.8. The van der Waals surface area contributed by atoms with Crippen LogP contribution in [-0.2, 0) is 23.5 Å². The normalized spacial score (nSPS) is 17.3. The van der Waals surface area contributed by atoms with Crippen LogP contribution < -0.4 is 9.47 Å². The highest BCUT2D eigenvalue weighted by molar-refractivity contribution is 7.89. The molecule has 0 aliphatic carbocycles. The number of para-hydroxylation sites is 2. The summed E-state index contributed by atoms with van der Waals surface area (Å²) in [6.45, 7) is 1.34. The van der Waals surface area contributed by atoms with Gasteiger partial charge in [0, 0.05) is 44.4 Å². The predicted octanol–water partition coefficient (Wildman–Crippen LogP) is 1.95. The summed E-state index contributed by atoms with van der Waals surface area (Å²) in [5, 5.41) is 7.53. The topological polar surface area (TPSA) is 102 Å². The molecular formula is C20H25N5O4S. The first kappa shape index (κ1) is 20.4. The molecule has 3 heterocycles. The van der Waals surface area contributed by atoms with Crippen LogP contribution in [0, 0.1) is 0 Å². The highest BCUT2D eigenvalue weighted by Gasteiger charge is 2.35. The first-order valence-corrected chi connectivity index (χ1v) is 11.2. The molecule has 1 aromatic carbocycles. The molecule has 1 aliphatic rings. The second-order valence-electron chi connectivity index (χ2n) is 7.29. The highest BCUT2D eigenvalue weighted by Crippen LogP contribution is 2.30. The van der Waals surface area contributed by atoms with Crippen LogP contribution in [0.1, 0.15) is 23.7 Å². The van der Waals surface area contributed by atoms with E-state index in [1.165, 1.54) is 16.8 Å². The molecule has 0 spiro atoms. The van der Waals surface area contributed by atoms with Crippen molar-refractivity contribution >= 4 is 10.0 Å². The van der Waals surface area contributed by atoms with Crippen LogP contribution in [0.2, 0.25) is 0 Å². The molecule has 1 atom stereocenters. The monoisotopic (exact) mass is 431 g/mol. The third-order valence-corrected chi connectivity index (χ3v) is 6.95. The number of sulfonamides is 1. The number of aromatic amines is 1. The Balaban J connectivity index is 1.34. The molecule has 2 aromatic heterocycles. The summed E-state index contributed by atoms with van der Waals surface area (Å²) in [6.07, 6.45) is 4.41.